The van der Waals surface area contributed by atoms with Crippen molar-refractivity contribution in [1.82, 2.24) is 35.3 Å². The van der Waals surface area contributed by atoms with Crippen molar-refractivity contribution in [3.8, 4) is 11.3 Å². The number of hydrogen-bond acceptors (Lipinski definition) is 7. The molecule has 1 saturated heterocycles. The van der Waals surface area contributed by atoms with Crippen LogP contribution in [0.25, 0.3) is 22.2 Å². The predicted molar refractivity (Wildman–Crippen MR) is 139 cm³/mol. The molecule has 2 N–H and O–H groups in total. The molecule has 0 spiro atoms. The molecule has 1 aliphatic heterocycles. The Kier molecular flexibility index (Phi) is 6.81. The number of amides is 1. The average Bonchev–Trinajstić information content (AvgIpc) is 3.44. The van der Waals surface area contributed by atoms with E-state index in [0.29, 0.717) is 30.9 Å². The smallest absolute Gasteiger partial charge is 0.433 e. The fourth-order valence-corrected chi connectivity index (χ4v) is 4.76. The summed E-state index contributed by atoms with van der Waals surface area (Å²) in [4.78, 5) is 16.2. The Morgan fingerprint density at radius 1 is 1.25 bits per heavy atom. The van der Waals surface area contributed by atoms with E-state index in [-0.39, 0.29) is 22.0 Å². The van der Waals surface area contributed by atoms with Crippen LogP contribution < -0.4 is 5.32 Å². The first kappa shape index (κ1) is 27.6. The lowest BCUT2D eigenvalue weighted by Crippen LogP contribution is -2.49. The summed E-state index contributed by atoms with van der Waals surface area (Å²) in [5.74, 6) is 0.802. The number of halogens is 3. The van der Waals surface area contributed by atoms with Gasteiger partial charge in [-0.25, -0.2) is 9.78 Å². The Balaban J connectivity index is 1.55. The maximum Gasteiger partial charge on any atom is 0.433 e. The summed E-state index contributed by atoms with van der Waals surface area (Å²) < 4.78 is 54.5. The molecule has 4 heterocycles. The van der Waals surface area contributed by atoms with Crippen LogP contribution >= 0.6 is 0 Å². The van der Waals surface area contributed by atoms with Crippen molar-refractivity contribution in [2.75, 3.05) is 13.2 Å². The molecule has 1 fully saturated rings. The summed E-state index contributed by atoms with van der Waals surface area (Å²) in [6, 6.07) is 7.61. The maximum absolute atomic E-state index is 13.9. The van der Waals surface area contributed by atoms with E-state index in [1.807, 2.05) is 29.8 Å². The third-order valence-electron chi connectivity index (χ3n) is 6.82. The second-order valence-corrected chi connectivity index (χ2v) is 11.1. The summed E-state index contributed by atoms with van der Waals surface area (Å²) in [5, 5.41) is 18.2. The molecule has 13 heteroatoms. The number of benzene rings is 1. The third kappa shape index (κ3) is 5.37. The van der Waals surface area contributed by atoms with E-state index in [2.05, 4.69) is 30.7 Å². The van der Waals surface area contributed by atoms with Crippen LogP contribution in [0.15, 0.2) is 36.7 Å². The van der Waals surface area contributed by atoms with E-state index in [1.165, 1.54) is 0 Å². The molecule has 0 aliphatic carbocycles. The van der Waals surface area contributed by atoms with E-state index in [4.69, 9.17) is 9.47 Å². The molecule has 4 aromatic rings. The van der Waals surface area contributed by atoms with Crippen molar-refractivity contribution in [3.05, 3.63) is 59.4 Å². The normalized spacial score (nSPS) is 16.0. The van der Waals surface area contributed by atoms with Gasteiger partial charge in [0.05, 0.1) is 30.5 Å². The monoisotopic (exact) mass is 557 g/mol. The van der Waals surface area contributed by atoms with Gasteiger partial charge in [0.1, 0.15) is 29.1 Å². The van der Waals surface area contributed by atoms with Crippen LogP contribution in [0.5, 0.6) is 0 Å². The Labute approximate surface area is 228 Å². The molecule has 1 amide bonds. The number of ether oxygens (including phenoxy) is 2. The number of aromatic nitrogens is 6. The standard InChI is InChI=1S/C27H30F3N7O3/c1-15(32-24(38)40-25(2,3)4)21-23-18(10-19(33-21)27(28,29)30)22(35-36-23)16-7-6-8-17(9-16)26(12-39-13-26)11-20-34-31-14-37(20)5/h6-10,14-15H,11-13H2,1-5H3,(H,32,38)(H,35,36). The van der Waals surface area contributed by atoms with Crippen molar-refractivity contribution in [2.24, 2.45) is 7.05 Å². The van der Waals surface area contributed by atoms with Crippen LogP contribution in [0.3, 0.4) is 0 Å². The van der Waals surface area contributed by atoms with Gasteiger partial charge in [0.15, 0.2) is 0 Å². The number of carbonyl (C=O) groups is 1. The number of carbonyl (C=O) groups excluding carboxylic acids is 1. The molecule has 0 bridgehead atoms. The first-order valence-corrected chi connectivity index (χ1v) is 12.7. The van der Waals surface area contributed by atoms with E-state index in [0.717, 1.165) is 17.5 Å². The number of rotatable bonds is 6. The number of nitrogens with one attached hydrogen (secondary N) is 2. The molecule has 1 aromatic carbocycles. The van der Waals surface area contributed by atoms with Gasteiger partial charge in [-0.2, -0.15) is 18.3 Å². The molecule has 3 aromatic heterocycles. The summed E-state index contributed by atoms with van der Waals surface area (Å²) in [5.41, 5.74) is 0.00402. The average molecular weight is 558 g/mol. The zero-order valence-electron chi connectivity index (χ0n) is 22.8. The van der Waals surface area contributed by atoms with Crippen molar-refractivity contribution in [2.45, 2.75) is 57.3 Å². The first-order valence-electron chi connectivity index (χ1n) is 12.7. The van der Waals surface area contributed by atoms with Crippen molar-refractivity contribution in [3.63, 3.8) is 0 Å². The number of fused-ring (bicyclic) bond motifs is 1. The van der Waals surface area contributed by atoms with Gasteiger partial charge in [0, 0.05) is 29.8 Å². The summed E-state index contributed by atoms with van der Waals surface area (Å²) in [6.45, 7) is 7.58. The zero-order valence-corrected chi connectivity index (χ0v) is 22.8. The Bertz CT molecular complexity index is 1550. The molecule has 5 rings (SSSR count). The largest absolute Gasteiger partial charge is 0.444 e. The van der Waals surface area contributed by atoms with Crippen molar-refractivity contribution < 1.29 is 27.4 Å². The van der Waals surface area contributed by atoms with Crippen LogP contribution in [-0.2, 0) is 34.5 Å². The van der Waals surface area contributed by atoms with E-state index < -0.39 is 29.6 Å². The van der Waals surface area contributed by atoms with Crippen LogP contribution in [0.1, 0.15) is 56.5 Å². The highest BCUT2D eigenvalue weighted by Crippen LogP contribution is 2.39. The second kappa shape index (κ2) is 9.88. The minimum Gasteiger partial charge on any atom is -0.444 e. The van der Waals surface area contributed by atoms with Crippen LogP contribution in [-0.4, -0.2) is 54.9 Å². The summed E-state index contributed by atoms with van der Waals surface area (Å²) in [7, 11) is 1.87. The number of nitrogens with zero attached hydrogens (tertiary/aromatic N) is 5. The first-order chi connectivity index (χ1) is 18.8. The minimum absolute atomic E-state index is 0.00302. The molecule has 0 saturated carbocycles. The van der Waals surface area contributed by atoms with Gasteiger partial charge < -0.3 is 19.4 Å². The molecule has 1 unspecified atom stereocenters. The van der Waals surface area contributed by atoms with Crippen LogP contribution in [0.2, 0.25) is 0 Å². The van der Waals surface area contributed by atoms with Crippen LogP contribution in [0.4, 0.5) is 18.0 Å². The Hall–Kier alpha value is -4.00. The molecule has 40 heavy (non-hydrogen) atoms. The molecule has 212 valence electrons. The number of pyridine rings is 1. The van der Waals surface area contributed by atoms with Gasteiger partial charge in [-0.15, -0.1) is 10.2 Å². The lowest BCUT2D eigenvalue weighted by molar-refractivity contribution is -0.141. The number of aromatic amines is 1. The zero-order chi connectivity index (χ0) is 28.9. The molecular weight excluding hydrogens is 527 g/mol. The summed E-state index contributed by atoms with van der Waals surface area (Å²) >= 11 is 0. The van der Waals surface area contributed by atoms with E-state index >= 15 is 0 Å². The van der Waals surface area contributed by atoms with Gasteiger partial charge in [0.2, 0.25) is 0 Å². The van der Waals surface area contributed by atoms with Gasteiger partial charge in [-0.1, -0.05) is 18.2 Å². The molecular formula is C27H30F3N7O3. The predicted octanol–water partition coefficient (Wildman–Crippen LogP) is 4.87. The highest BCUT2D eigenvalue weighted by atomic mass is 19.4. The highest BCUT2D eigenvalue weighted by Gasteiger charge is 2.42. The fraction of sp³-hybridized carbons (Fsp3) is 0.444. The summed E-state index contributed by atoms with van der Waals surface area (Å²) in [6.07, 6.45) is -3.25. The van der Waals surface area contributed by atoms with E-state index in [1.54, 1.807) is 40.1 Å². The number of H-pyrrole nitrogens is 1. The Morgan fingerprint density at radius 3 is 2.60 bits per heavy atom. The van der Waals surface area contributed by atoms with Crippen molar-refractivity contribution >= 4 is 17.0 Å². The maximum atomic E-state index is 13.9. The van der Waals surface area contributed by atoms with Gasteiger partial charge >= 0.3 is 12.3 Å². The topological polar surface area (TPSA) is 120 Å². The van der Waals surface area contributed by atoms with E-state index in [9.17, 15) is 18.0 Å². The lowest BCUT2D eigenvalue weighted by Gasteiger charge is -2.41. The van der Waals surface area contributed by atoms with Crippen LogP contribution in [0, 0.1) is 0 Å². The lowest BCUT2D eigenvalue weighted by atomic mass is 9.75. The SMILES string of the molecule is CC(NC(=O)OC(C)(C)C)c1nc(C(F)(F)F)cc2c(-c3cccc(C4(Cc5nncn5C)COC4)c3)n[nH]c12. The van der Waals surface area contributed by atoms with Crippen molar-refractivity contribution in [1.29, 1.82) is 0 Å². The molecule has 1 atom stereocenters. The molecule has 1 aliphatic rings. The Morgan fingerprint density at radius 2 is 2.00 bits per heavy atom. The number of alkyl carbamates (subject to hydrolysis) is 1. The minimum atomic E-state index is -4.71. The molecule has 10 nitrogen and oxygen atoms in total. The number of alkyl halides is 3. The quantitative estimate of drug-likeness (QED) is 0.347. The van der Waals surface area contributed by atoms with Gasteiger partial charge in [-0.05, 0) is 45.4 Å². The highest BCUT2D eigenvalue weighted by molar-refractivity contribution is 5.94. The van der Waals surface area contributed by atoms with Gasteiger partial charge in [0.25, 0.3) is 0 Å². The fourth-order valence-electron chi connectivity index (χ4n) is 4.76. The second-order valence-electron chi connectivity index (χ2n) is 11.1. The third-order valence-corrected chi connectivity index (χ3v) is 6.82. The number of hydrogen-bond donors (Lipinski definition) is 2. The molecule has 0 radical (unpaired) electrons. The number of aryl methyl sites for hydroxylation is 1. The van der Waals surface area contributed by atoms with Gasteiger partial charge in [-0.3, -0.25) is 5.10 Å².